The van der Waals surface area contributed by atoms with Crippen molar-refractivity contribution in [1.82, 2.24) is 0 Å². The van der Waals surface area contributed by atoms with Crippen LogP contribution in [0.4, 0.5) is 13.2 Å². The molecule has 1 rings (SSSR count). The number of alkyl halides is 3. The minimum Gasteiger partial charge on any atom is -0.462 e. The molecule has 96 valence electrons. The van der Waals surface area contributed by atoms with Gasteiger partial charge in [-0.1, -0.05) is 0 Å². The van der Waals surface area contributed by atoms with Gasteiger partial charge < -0.3 is 4.74 Å². The normalized spacial score (nSPS) is 10.9. The molecule has 0 saturated carbocycles. The zero-order chi connectivity index (χ0) is 13.9. The van der Waals surface area contributed by atoms with Crippen LogP contribution in [-0.4, -0.2) is 12.6 Å². The topological polar surface area (TPSA) is 50.1 Å². The van der Waals surface area contributed by atoms with E-state index in [9.17, 15) is 18.0 Å². The zero-order valence-electron chi connectivity index (χ0n) is 9.76. The molecular weight excluding hydrogens is 247 g/mol. The fourth-order valence-corrected chi connectivity index (χ4v) is 1.58. The van der Waals surface area contributed by atoms with Crippen LogP contribution >= 0.6 is 0 Å². The zero-order valence-corrected chi connectivity index (χ0v) is 9.76. The van der Waals surface area contributed by atoms with Crippen LogP contribution < -0.4 is 0 Å². The van der Waals surface area contributed by atoms with Crippen molar-refractivity contribution in [1.29, 1.82) is 5.26 Å². The number of carbonyl (C=O) groups excluding carboxylic acids is 1. The predicted octanol–water partition coefficient (Wildman–Crippen LogP) is 3.06. The summed E-state index contributed by atoms with van der Waals surface area (Å²) in [5.41, 5.74) is -1.83. The summed E-state index contributed by atoms with van der Waals surface area (Å²) in [5, 5.41) is 8.74. The number of rotatable bonds is 2. The Morgan fingerprint density at radius 3 is 2.50 bits per heavy atom. The molecule has 0 aliphatic rings. The maximum atomic E-state index is 12.7. The molecule has 0 aliphatic heterocycles. The van der Waals surface area contributed by atoms with Gasteiger partial charge in [0.2, 0.25) is 0 Å². The number of nitriles is 1. The second kappa shape index (κ2) is 5.08. The number of hydrogen-bond acceptors (Lipinski definition) is 3. The van der Waals surface area contributed by atoms with Crippen molar-refractivity contribution in [3.8, 4) is 6.07 Å². The average molecular weight is 257 g/mol. The van der Waals surface area contributed by atoms with Gasteiger partial charge in [0.15, 0.2) is 0 Å². The summed E-state index contributed by atoms with van der Waals surface area (Å²) >= 11 is 0. The summed E-state index contributed by atoms with van der Waals surface area (Å²) in [6, 6.07) is 3.42. The number of carbonyl (C=O) groups is 1. The molecule has 0 bridgehead atoms. The molecule has 0 saturated heterocycles. The highest BCUT2D eigenvalue weighted by Crippen LogP contribution is 2.35. The minimum absolute atomic E-state index is 0.0566. The number of aryl methyl sites for hydroxylation is 1. The quantitative estimate of drug-likeness (QED) is 0.765. The Labute approximate surface area is 102 Å². The Bertz CT molecular complexity index is 515. The average Bonchev–Trinajstić information content (AvgIpc) is 2.26. The molecule has 0 aromatic heterocycles. The molecule has 1 aromatic carbocycles. The molecule has 0 N–H and O–H groups in total. The van der Waals surface area contributed by atoms with E-state index in [1.54, 1.807) is 6.92 Å². The first-order valence-electron chi connectivity index (χ1n) is 5.10. The second-order valence-electron chi connectivity index (χ2n) is 3.55. The van der Waals surface area contributed by atoms with E-state index in [2.05, 4.69) is 4.74 Å². The highest BCUT2D eigenvalue weighted by Gasteiger charge is 2.36. The van der Waals surface area contributed by atoms with Crippen LogP contribution in [0.2, 0.25) is 0 Å². The molecular formula is C12H10F3NO2. The lowest BCUT2D eigenvalue weighted by molar-refractivity contribution is -0.138. The van der Waals surface area contributed by atoms with Crippen molar-refractivity contribution >= 4 is 5.97 Å². The summed E-state index contributed by atoms with van der Waals surface area (Å²) in [7, 11) is 0. The molecule has 0 heterocycles. The SMILES string of the molecule is CCOC(=O)c1cc(C)c(C(F)(F)F)c(C#N)c1. The Morgan fingerprint density at radius 2 is 2.06 bits per heavy atom. The van der Waals surface area contributed by atoms with Crippen molar-refractivity contribution in [3.63, 3.8) is 0 Å². The van der Waals surface area contributed by atoms with Gasteiger partial charge in [0.05, 0.1) is 29.4 Å². The van der Waals surface area contributed by atoms with Crippen LogP contribution in [-0.2, 0) is 10.9 Å². The highest BCUT2D eigenvalue weighted by atomic mass is 19.4. The molecule has 1 aromatic rings. The van der Waals surface area contributed by atoms with Gasteiger partial charge in [-0.3, -0.25) is 0 Å². The van der Waals surface area contributed by atoms with Crippen LogP contribution in [0.15, 0.2) is 12.1 Å². The van der Waals surface area contributed by atoms with Gasteiger partial charge in [0.25, 0.3) is 0 Å². The molecule has 6 heteroatoms. The first-order valence-corrected chi connectivity index (χ1v) is 5.10. The van der Waals surface area contributed by atoms with Crippen molar-refractivity contribution < 1.29 is 22.7 Å². The van der Waals surface area contributed by atoms with Gasteiger partial charge in [0, 0.05) is 0 Å². The van der Waals surface area contributed by atoms with Crippen molar-refractivity contribution in [2.24, 2.45) is 0 Å². The van der Waals surface area contributed by atoms with Gasteiger partial charge >= 0.3 is 12.1 Å². The van der Waals surface area contributed by atoms with Gasteiger partial charge in [-0.15, -0.1) is 0 Å². The minimum atomic E-state index is -4.62. The third-order valence-electron chi connectivity index (χ3n) is 2.25. The molecule has 0 atom stereocenters. The van der Waals surface area contributed by atoms with E-state index in [4.69, 9.17) is 5.26 Å². The van der Waals surface area contributed by atoms with Crippen LogP contribution in [0, 0.1) is 18.3 Å². The third-order valence-corrected chi connectivity index (χ3v) is 2.25. The monoisotopic (exact) mass is 257 g/mol. The number of halogens is 3. The molecule has 3 nitrogen and oxygen atoms in total. The number of ether oxygens (including phenoxy) is 1. The predicted molar refractivity (Wildman–Crippen MR) is 56.9 cm³/mol. The van der Waals surface area contributed by atoms with Gasteiger partial charge in [-0.05, 0) is 31.5 Å². The van der Waals surface area contributed by atoms with E-state index in [-0.39, 0.29) is 17.7 Å². The van der Waals surface area contributed by atoms with E-state index < -0.39 is 23.3 Å². The van der Waals surface area contributed by atoms with Crippen LogP contribution in [0.3, 0.4) is 0 Å². The van der Waals surface area contributed by atoms with Crippen molar-refractivity contribution in [2.45, 2.75) is 20.0 Å². The third kappa shape index (κ3) is 2.80. The number of benzene rings is 1. The Balaban J connectivity index is 3.38. The van der Waals surface area contributed by atoms with Crippen LogP contribution in [0.5, 0.6) is 0 Å². The summed E-state index contributed by atoms with van der Waals surface area (Å²) in [5.74, 6) is -0.745. The lowest BCUT2D eigenvalue weighted by atomic mass is 9.98. The Hall–Kier alpha value is -2.03. The molecule has 0 amide bonds. The Kier molecular flexibility index (Phi) is 3.96. The molecule has 18 heavy (non-hydrogen) atoms. The smallest absolute Gasteiger partial charge is 0.417 e. The fourth-order valence-electron chi connectivity index (χ4n) is 1.58. The van der Waals surface area contributed by atoms with E-state index >= 15 is 0 Å². The van der Waals surface area contributed by atoms with Gasteiger partial charge in [0.1, 0.15) is 0 Å². The summed E-state index contributed by atoms with van der Waals surface area (Å²) in [6.07, 6.45) is -4.62. The standard InChI is InChI=1S/C12H10F3NO2/c1-3-18-11(17)8-4-7(2)10(12(13,14)15)9(5-8)6-16/h4-5H,3H2,1-2H3. The fraction of sp³-hybridized carbons (Fsp3) is 0.333. The van der Waals surface area contributed by atoms with Crippen LogP contribution in [0.1, 0.15) is 34.0 Å². The first-order chi connectivity index (χ1) is 8.31. The van der Waals surface area contributed by atoms with Gasteiger partial charge in [-0.2, -0.15) is 18.4 Å². The molecule has 0 aliphatic carbocycles. The lowest BCUT2D eigenvalue weighted by Crippen LogP contribution is -2.13. The maximum Gasteiger partial charge on any atom is 0.417 e. The molecule has 0 fully saturated rings. The van der Waals surface area contributed by atoms with E-state index in [1.807, 2.05) is 0 Å². The number of nitrogens with zero attached hydrogens (tertiary/aromatic N) is 1. The van der Waals surface area contributed by atoms with Crippen LogP contribution in [0.25, 0.3) is 0 Å². The number of hydrogen-bond donors (Lipinski definition) is 0. The molecule has 0 spiro atoms. The maximum absolute atomic E-state index is 12.7. The second-order valence-corrected chi connectivity index (χ2v) is 3.55. The van der Waals surface area contributed by atoms with Gasteiger partial charge in [-0.25, -0.2) is 4.79 Å². The highest BCUT2D eigenvalue weighted by molar-refractivity contribution is 5.90. The lowest BCUT2D eigenvalue weighted by Gasteiger charge is -2.13. The molecule has 0 unspecified atom stereocenters. The number of esters is 1. The van der Waals surface area contributed by atoms with E-state index in [0.29, 0.717) is 0 Å². The first kappa shape index (κ1) is 14.0. The van der Waals surface area contributed by atoms with E-state index in [1.165, 1.54) is 13.0 Å². The van der Waals surface area contributed by atoms with Crippen molar-refractivity contribution in [3.05, 3.63) is 34.4 Å². The molecule has 0 radical (unpaired) electrons. The summed E-state index contributed by atoms with van der Waals surface area (Å²) in [6.45, 7) is 2.90. The Morgan fingerprint density at radius 1 is 1.44 bits per heavy atom. The summed E-state index contributed by atoms with van der Waals surface area (Å²) in [4.78, 5) is 11.4. The largest absolute Gasteiger partial charge is 0.462 e. The summed E-state index contributed by atoms with van der Waals surface area (Å²) < 4.78 is 42.8. The van der Waals surface area contributed by atoms with E-state index in [0.717, 1.165) is 12.1 Å². The van der Waals surface area contributed by atoms with Crippen molar-refractivity contribution in [2.75, 3.05) is 6.61 Å².